The predicted octanol–water partition coefficient (Wildman–Crippen LogP) is 0.697. The van der Waals surface area contributed by atoms with Gasteiger partial charge in [0, 0.05) is 17.9 Å². The highest BCUT2D eigenvalue weighted by molar-refractivity contribution is 5.93. The molecule has 0 unspecified atom stereocenters. The highest BCUT2D eigenvalue weighted by atomic mass is 16.3. The van der Waals surface area contributed by atoms with Crippen molar-refractivity contribution in [2.75, 3.05) is 5.73 Å². The summed E-state index contributed by atoms with van der Waals surface area (Å²) in [4.78, 5) is 15.8. The lowest BCUT2D eigenvalue weighted by Crippen LogP contribution is -2.38. The zero-order chi connectivity index (χ0) is 12.3. The van der Waals surface area contributed by atoms with E-state index >= 15 is 0 Å². The molecule has 0 radical (unpaired) electrons. The van der Waals surface area contributed by atoms with Crippen LogP contribution in [0.3, 0.4) is 0 Å². The second kappa shape index (κ2) is 5.14. The van der Waals surface area contributed by atoms with E-state index in [2.05, 4.69) is 10.3 Å². The van der Waals surface area contributed by atoms with Gasteiger partial charge in [0.25, 0.3) is 5.91 Å². The van der Waals surface area contributed by atoms with Gasteiger partial charge in [0.05, 0.1) is 6.10 Å². The number of carbonyl (C=O) groups excluding carboxylic acids is 1. The fourth-order valence-corrected chi connectivity index (χ4v) is 2.05. The van der Waals surface area contributed by atoms with Crippen LogP contribution in [0.15, 0.2) is 18.3 Å². The van der Waals surface area contributed by atoms with Crippen LogP contribution >= 0.6 is 0 Å². The highest BCUT2D eigenvalue weighted by Crippen LogP contribution is 2.18. The molecule has 0 spiro atoms. The first kappa shape index (κ1) is 11.9. The maximum Gasteiger partial charge on any atom is 0.270 e. The van der Waals surface area contributed by atoms with Crippen LogP contribution in [0.25, 0.3) is 0 Å². The monoisotopic (exact) mass is 235 g/mol. The predicted molar refractivity (Wildman–Crippen MR) is 64.4 cm³/mol. The first-order chi connectivity index (χ1) is 8.15. The molecule has 5 nitrogen and oxygen atoms in total. The number of aliphatic hydroxyl groups is 1. The first-order valence-electron chi connectivity index (χ1n) is 5.85. The Morgan fingerprint density at radius 2 is 2.12 bits per heavy atom. The minimum atomic E-state index is -0.214. The van der Waals surface area contributed by atoms with E-state index in [1.165, 1.54) is 6.20 Å². The normalized spacial score (nSPS) is 24.3. The third kappa shape index (κ3) is 3.17. The van der Waals surface area contributed by atoms with Crippen LogP contribution in [-0.4, -0.2) is 28.1 Å². The summed E-state index contributed by atoms with van der Waals surface area (Å²) in [5, 5.41) is 12.3. The molecular formula is C12H17N3O2. The Morgan fingerprint density at radius 3 is 2.76 bits per heavy atom. The summed E-state index contributed by atoms with van der Waals surface area (Å²) in [5.74, 6) is -0.196. The van der Waals surface area contributed by atoms with Crippen molar-refractivity contribution in [2.45, 2.75) is 37.8 Å². The average Bonchev–Trinajstić information content (AvgIpc) is 2.32. The number of rotatable bonds is 2. The number of hydrogen-bond donors (Lipinski definition) is 3. The summed E-state index contributed by atoms with van der Waals surface area (Å²) >= 11 is 0. The van der Waals surface area contributed by atoms with Gasteiger partial charge < -0.3 is 16.2 Å². The van der Waals surface area contributed by atoms with Gasteiger partial charge in [0.2, 0.25) is 0 Å². The van der Waals surface area contributed by atoms with Crippen LogP contribution in [-0.2, 0) is 0 Å². The molecule has 2 rings (SSSR count). The Kier molecular flexibility index (Phi) is 3.58. The second-order valence-electron chi connectivity index (χ2n) is 4.45. The van der Waals surface area contributed by atoms with Gasteiger partial charge in [-0.05, 0) is 37.8 Å². The van der Waals surface area contributed by atoms with E-state index in [9.17, 15) is 9.90 Å². The molecule has 1 saturated carbocycles. The lowest BCUT2D eigenvalue weighted by Gasteiger charge is -2.26. The van der Waals surface area contributed by atoms with Gasteiger partial charge >= 0.3 is 0 Å². The van der Waals surface area contributed by atoms with Crippen molar-refractivity contribution in [1.82, 2.24) is 10.3 Å². The molecule has 92 valence electrons. The Balaban J connectivity index is 1.93. The summed E-state index contributed by atoms with van der Waals surface area (Å²) < 4.78 is 0. The molecule has 0 atom stereocenters. The van der Waals surface area contributed by atoms with Crippen LogP contribution in [0.4, 0.5) is 5.69 Å². The molecule has 0 aliphatic heterocycles. The highest BCUT2D eigenvalue weighted by Gasteiger charge is 2.21. The number of nitrogens with two attached hydrogens (primary N) is 1. The summed E-state index contributed by atoms with van der Waals surface area (Å²) in [6, 6.07) is 3.34. The van der Waals surface area contributed by atoms with E-state index in [0.29, 0.717) is 11.4 Å². The second-order valence-corrected chi connectivity index (χ2v) is 4.45. The molecule has 0 bridgehead atoms. The summed E-state index contributed by atoms with van der Waals surface area (Å²) in [5.41, 5.74) is 6.47. The number of nitrogens with one attached hydrogen (secondary N) is 1. The number of amides is 1. The molecule has 1 fully saturated rings. The van der Waals surface area contributed by atoms with Gasteiger partial charge in [-0.2, -0.15) is 0 Å². The van der Waals surface area contributed by atoms with Crippen LogP contribution in [0, 0.1) is 0 Å². The van der Waals surface area contributed by atoms with E-state index in [4.69, 9.17) is 5.73 Å². The SMILES string of the molecule is Nc1ccnc(C(=O)NC2CCC(O)CC2)c1. The lowest BCUT2D eigenvalue weighted by molar-refractivity contribution is 0.0863. The molecule has 0 aromatic carbocycles. The molecule has 1 heterocycles. The van der Waals surface area contributed by atoms with Gasteiger partial charge in [-0.25, -0.2) is 0 Å². The number of nitrogens with zero attached hydrogens (tertiary/aromatic N) is 1. The zero-order valence-electron chi connectivity index (χ0n) is 9.60. The topological polar surface area (TPSA) is 88.2 Å². The minimum absolute atomic E-state index is 0.133. The maximum atomic E-state index is 11.9. The van der Waals surface area contributed by atoms with Gasteiger partial charge in [-0.3, -0.25) is 9.78 Å². The number of carbonyl (C=O) groups is 1. The smallest absolute Gasteiger partial charge is 0.270 e. The van der Waals surface area contributed by atoms with E-state index in [1.807, 2.05) is 0 Å². The Bertz CT molecular complexity index is 400. The van der Waals surface area contributed by atoms with Crippen LogP contribution < -0.4 is 11.1 Å². The molecule has 0 saturated heterocycles. The van der Waals surface area contributed by atoms with E-state index in [1.54, 1.807) is 12.1 Å². The zero-order valence-corrected chi connectivity index (χ0v) is 9.60. The standard InChI is InChI=1S/C12H17N3O2/c13-8-5-6-14-11(7-8)12(17)15-9-1-3-10(16)4-2-9/h5-7,9-10,16H,1-4H2,(H2,13,14)(H,15,17). The molecular weight excluding hydrogens is 218 g/mol. The molecule has 4 N–H and O–H groups in total. The fourth-order valence-electron chi connectivity index (χ4n) is 2.05. The van der Waals surface area contributed by atoms with E-state index < -0.39 is 0 Å². The molecule has 1 aliphatic carbocycles. The van der Waals surface area contributed by atoms with Crippen molar-refractivity contribution in [2.24, 2.45) is 0 Å². The molecule has 1 aromatic heterocycles. The summed E-state index contributed by atoms with van der Waals surface area (Å²) in [6.45, 7) is 0. The van der Waals surface area contributed by atoms with E-state index in [0.717, 1.165) is 25.7 Å². The van der Waals surface area contributed by atoms with Crippen LogP contribution in [0.5, 0.6) is 0 Å². The first-order valence-corrected chi connectivity index (χ1v) is 5.85. The number of pyridine rings is 1. The van der Waals surface area contributed by atoms with E-state index in [-0.39, 0.29) is 18.1 Å². The van der Waals surface area contributed by atoms with Gasteiger partial charge in [0.1, 0.15) is 5.69 Å². The van der Waals surface area contributed by atoms with Gasteiger partial charge in [-0.15, -0.1) is 0 Å². The van der Waals surface area contributed by atoms with Crippen molar-refractivity contribution >= 4 is 11.6 Å². The molecule has 1 aromatic rings. The number of anilines is 1. The Morgan fingerprint density at radius 1 is 1.41 bits per heavy atom. The van der Waals surface area contributed by atoms with Crippen molar-refractivity contribution in [1.29, 1.82) is 0 Å². The number of aliphatic hydroxyl groups excluding tert-OH is 1. The minimum Gasteiger partial charge on any atom is -0.399 e. The van der Waals surface area contributed by atoms with Crippen molar-refractivity contribution in [3.8, 4) is 0 Å². The molecule has 1 amide bonds. The van der Waals surface area contributed by atoms with Crippen molar-refractivity contribution in [3.63, 3.8) is 0 Å². The molecule has 17 heavy (non-hydrogen) atoms. The number of hydrogen-bond acceptors (Lipinski definition) is 4. The number of nitrogen functional groups attached to an aromatic ring is 1. The van der Waals surface area contributed by atoms with Crippen LogP contribution in [0.1, 0.15) is 36.2 Å². The van der Waals surface area contributed by atoms with Gasteiger partial charge in [-0.1, -0.05) is 0 Å². The van der Waals surface area contributed by atoms with Crippen molar-refractivity contribution in [3.05, 3.63) is 24.0 Å². The third-order valence-corrected chi connectivity index (χ3v) is 3.05. The summed E-state index contributed by atoms with van der Waals surface area (Å²) in [6.07, 6.45) is 4.43. The Labute approximate surface area is 100 Å². The molecule has 5 heteroatoms. The fraction of sp³-hybridized carbons (Fsp3) is 0.500. The largest absolute Gasteiger partial charge is 0.399 e. The lowest BCUT2D eigenvalue weighted by atomic mass is 9.93. The molecule has 1 aliphatic rings. The third-order valence-electron chi connectivity index (χ3n) is 3.05. The van der Waals surface area contributed by atoms with Crippen molar-refractivity contribution < 1.29 is 9.90 Å². The van der Waals surface area contributed by atoms with Crippen LogP contribution in [0.2, 0.25) is 0 Å². The number of aromatic nitrogens is 1. The average molecular weight is 235 g/mol. The van der Waals surface area contributed by atoms with Gasteiger partial charge in [0.15, 0.2) is 0 Å². The Hall–Kier alpha value is -1.62. The maximum absolute atomic E-state index is 11.9. The quantitative estimate of drug-likeness (QED) is 0.704. The summed E-state index contributed by atoms with van der Waals surface area (Å²) in [7, 11) is 0.